The summed E-state index contributed by atoms with van der Waals surface area (Å²) in [6, 6.07) is 11.8. The molecule has 1 N–H and O–H groups in total. The summed E-state index contributed by atoms with van der Waals surface area (Å²) in [6.45, 7) is 4.18. The monoisotopic (exact) mass is 582 g/mol. The molecule has 1 aliphatic heterocycles. The Labute approximate surface area is 185 Å². The number of nitrogens with zero attached hydrogens (tertiary/aromatic N) is 5. The van der Waals surface area contributed by atoms with Crippen molar-refractivity contribution in [3.05, 3.63) is 59.4 Å². The molecule has 8 nitrogen and oxygen atoms in total. The van der Waals surface area contributed by atoms with E-state index in [0.717, 1.165) is 55.9 Å². The molecule has 0 radical (unpaired) electrons. The third-order valence-electron chi connectivity index (χ3n) is 4.84. The number of hydrazone groups is 1. The van der Waals surface area contributed by atoms with E-state index in [0.29, 0.717) is 23.6 Å². The number of carbonyl (C=O) groups is 1. The van der Waals surface area contributed by atoms with Gasteiger partial charge in [-0.05, 0) is 13.0 Å². The van der Waals surface area contributed by atoms with E-state index < -0.39 is 0 Å². The summed E-state index contributed by atoms with van der Waals surface area (Å²) in [5, 5.41) is 13.9. The van der Waals surface area contributed by atoms with E-state index in [4.69, 9.17) is 4.74 Å². The third kappa shape index (κ3) is 4.21. The van der Waals surface area contributed by atoms with E-state index in [-0.39, 0.29) is 5.91 Å². The molecule has 1 aromatic carbocycles. The number of benzene rings is 1. The number of anilines is 1. The number of nitrogens with one attached hydrogen (secondary N) is 1. The van der Waals surface area contributed by atoms with Crippen molar-refractivity contribution >= 4 is 49.5 Å². The summed E-state index contributed by atoms with van der Waals surface area (Å²) < 4.78 is 9.19. The fourth-order valence-corrected chi connectivity index (χ4v) is 3.94. The molecule has 0 atom stereocenters. The van der Waals surface area contributed by atoms with Crippen molar-refractivity contribution in [3.63, 3.8) is 0 Å². The molecule has 3 heterocycles. The van der Waals surface area contributed by atoms with Gasteiger partial charge in [0.2, 0.25) is 0 Å². The molecule has 3 aromatic rings. The van der Waals surface area contributed by atoms with Gasteiger partial charge in [-0.25, -0.2) is 4.52 Å². The van der Waals surface area contributed by atoms with Crippen LogP contribution in [0.5, 0.6) is 5.75 Å². The third-order valence-corrected chi connectivity index (χ3v) is 6.36. The number of aryl methyl sites for hydroxylation is 1. The minimum absolute atomic E-state index is 0.150. The number of fused-ring (bicyclic) bond motifs is 1. The van der Waals surface area contributed by atoms with Crippen molar-refractivity contribution in [3.8, 4) is 5.75 Å². The standard InChI is InChI=1S/C20H22N6O2.Tl/c1-14-19(18-11-17(28-2)7-9-26(18)24-14)20(27)22-12-15-3-5-16(6-4-15)25-10-8-21-13-23-25;/h3-7,9,11,13H,8,10,12H2,1-2H3,(H2,21,22,23,27);/q;+1/p-1. The zero-order valence-corrected chi connectivity index (χ0v) is 20.9. The average molecular weight is 582 g/mol. The van der Waals surface area contributed by atoms with Crippen LogP contribution in [0.15, 0.2) is 47.7 Å². The number of carbonyl (C=O) groups excluding carboxylic acids is 1. The predicted molar refractivity (Wildman–Crippen MR) is 112 cm³/mol. The van der Waals surface area contributed by atoms with Gasteiger partial charge in [0.05, 0.1) is 18.3 Å². The molecule has 1 amide bonds. The Hall–Kier alpha value is -2.63. The Morgan fingerprint density at radius 3 is 2.72 bits per heavy atom. The van der Waals surface area contributed by atoms with Crippen LogP contribution in [-0.2, 0) is 6.54 Å². The molecule has 0 unspecified atom stereocenters. The van der Waals surface area contributed by atoms with Crippen LogP contribution in [0, 0.1) is 6.92 Å². The van der Waals surface area contributed by atoms with Gasteiger partial charge in [0.25, 0.3) is 0 Å². The number of amides is 1. The van der Waals surface area contributed by atoms with Crippen LogP contribution in [-0.4, -0.2) is 70.8 Å². The van der Waals surface area contributed by atoms with Gasteiger partial charge in [-0.2, -0.15) is 5.10 Å². The average Bonchev–Trinajstić information content (AvgIpc) is 3.08. The van der Waals surface area contributed by atoms with Crippen LogP contribution in [0.3, 0.4) is 0 Å². The number of aromatic nitrogens is 2. The number of rotatable bonds is 5. The van der Waals surface area contributed by atoms with Crippen LogP contribution < -0.4 is 15.1 Å². The van der Waals surface area contributed by atoms with Gasteiger partial charge in [0.1, 0.15) is 5.75 Å². The summed E-state index contributed by atoms with van der Waals surface area (Å²) in [4.78, 5) is 12.8. The molecule has 1 aliphatic rings. The van der Waals surface area contributed by atoms with Crippen molar-refractivity contribution in [2.45, 2.75) is 13.5 Å². The molecule has 29 heavy (non-hydrogen) atoms. The first-order valence-corrected chi connectivity index (χ1v) is 11.3. The quantitative estimate of drug-likeness (QED) is 0.465. The summed E-state index contributed by atoms with van der Waals surface area (Å²) in [7, 11) is 1.61. The van der Waals surface area contributed by atoms with E-state index >= 15 is 0 Å². The summed E-state index contributed by atoms with van der Waals surface area (Å²) in [5.41, 5.74) is 4.06. The van der Waals surface area contributed by atoms with E-state index in [1.54, 1.807) is 17.8 Å². The van der Waals surface area contributed by atoms with Gasteiger partial charge >= 0.3 is 122 Å². The van der Waals surface area contributed by atoms with Gasteiger partial charge in [-0.1, -0.05) is 0 Å². The SMILES string of the molecule is COc1ccn2nc(C)c(C(=O)NCc3ccc(N4CC[N]([Tl])C=N4)cc3)c2c1. The largest absolute Gasteiger partial charge is 0.0829 e. The van der Waals surface area contributed by atoms with Gasteiger partial charge in [-0.15, -0.1) is 0 Å². The maximum absolute atomic E-state index is 12.8. The second kappa shape index (κ2) is 8.39. The summed E-state index contributed by atoms with van der Waals surface area (Å²) in [6.07, 6.45) is 3.69. The molecule has 2 aromatic heterocycles. The Morgan fingerprint density at radius 2 is 2.03 bits per heavy atom. The molecule has 9 heteroatoms. The van der Waals surface area contributed by atoms with Crippen molar-refractivity contribution in [1.82, 2.24) is 17.6 Å². The van der Waals surface area contributed by atoms with Crippen LogP contribution in [0.2, 0.25) is 0 Å². The topological polar surface area (TPSA) is 74.5 Å². The van der Waals surface area contributed by atoms with Crippen molar-refractivity contribution < 1.29 is 9.53 Å². The first kappa shape index (κ1) is 19.7. The molecule has 0 bridgehead atoms. The Balaban J connectivity index is 1.45. The van der Waals surface area contributed by atoms with Crippen molar-refractivity contribution in [1.29, 1.82) is 0 Å². The zero-order valence-electron chi connectivity index (χ0n) is 16.4. The second-order valence-electron chi connectivity index (χ2n) is 6.80. The van der Waals surface area contributed by atoms with E-state index in [9.17, 15) is 4.79 Å². The van der Waals surface area contributed by atoms with Crippen LogP contribution in [0.4, 0.5) is 5.69 Å². The van der Waals surface area contributed by atoms with Crippen LogP contribution >= 0.6 is 0 Å². The predicted octanol–water partition coefficient (Wildman–Crippen LogP) is 1.73. The van der Waals surface area contributed by atoms with Crippen molar-refractivity contribution in [2.75, 3.05) is 25.2 Å². The Kier molecular flexibility index (Phi) is 5.70. The number of pyridine rings is 1. The second-order valence-corrected chi connectivity index (χ2v) is 9.38. The molecular weight excluding hydrogens is 561 g/mol. The van der Waals surface area contributed by atoms with Gasteiger partial charge < -0.3 is 4.74 Å². The van der Waals surface area contributed by atoms with Crippen molar-refractivity contribution in [2.24, 2.45) is 5.10 Å². The molecule has 4 rings (SSSR count). The van der Waals surface area contributed by atoms with E-state index in [1.807, 2.05) is 54.7 Å². The maximum Gasteiger partial charge on any atom is 0.0829 e. The van der Waals surface area contributed by atoms with Gasteiger partial charge in [0.15, 0.2) is 0 Å². The molecule has 0 saturated heterocycles. The number of hydrogen-bond donors (Lipinski definition) is 1. The molecule has 146 valence electrons. The minimum atomic E-state index is -0.150. The van der Waals surface area contributed by atoms with E-state index in [2.05, 4.69) is 18.2 Å². The zero-order chi connectivity index (χ0) is 20.4. The van der Waals surface area contributed by atoms with Gasteiger partial charge in [-0.3, -0.25) is 0 Å². The number of hydrogen-bond acceptors (Lipinski definition) is 6. The van der Waals surface area contributed by atoms with Gasteiger partial charge in [0, 0.05) is 12.3 Å². The number of methoxy groups -OCH3 is 1. The molecule has 0 saturated carbocycles. The Morgan fingerprint density at radius 1 is 1.24 bits per heavy atom. The smallest absolute Gasteiger partial charge is 0.00680 e. The summed E-state index contributed by atoms with van der Waals surface area (Å²) in [5.74, 6) is 0.542. The van der Waals surface area contributed by atoms with E-state index in [1.165, 1.54) is 0 Å². The van der Waals surface area contributed by atoms with Crippen LogP contribution in [0.1, 0.15) is 21.6 Å². The first-order valence-electron chi connectivity index (χ1n) is 9.28. The fraction of sp³-hybridized carbons (Fsp3) is 0.250. The fourth-order valence-electron chi connectivity index (χ4n) is 3.26. The van der Waals surface area contributed by atoms with Crippen LogP contribution in [0.25, 0.3) is 5.52 Å². The first-order chi connectivity index (χ1) is 14.0. The molecule has 0 spiro atoms. The Bertz CT molecular complexity index is 1060. The maximum atomic E-state index is 12.8. The molecule has 0 fully saturated rings. The summed E-state index contributed by atoms with van der Waals surface area (Å²) >= 11 is 0.787. The normalized spacial score (nSPS) is 13.7. The minimum Gasteiger partial charge on any atom is 0.00680 e. The number of ether oxygens (including phenoxy) is 1. The molecular formula is C20H21N6O2Tl. The molecule has 0 aliphatic carbocycles.